The topological polar surface area (TPSA) is 105 Å². The molecule has 4 rings (SSSR count). The first-order valence-electron chi connectivity index (χ1n) is 9.16. The largest absolute Gasteiger partial charge is 0.480 e. The number of carboxylic acid groups (broad SMARTS) is 1. The molecule has 0 radical (unpaired) electrons. The molecule has 28 heavy (non-hydrogen) atoms. The second-order valence-electron chi connectivity index (χ2n) is 7.05. The fourth-order valence-electron chi connectivity index (χ4n) is 4.00. The molecule has 0 spiro atoms. The summed E-state index contributed by atoms with van der Waals surface area (Å²) < 4.78 is 10.5. The van der Waals surface area contributed by atoms with Crippen molar-refractivity contribution < 1.29 is 29.3 Å². The van der Waals surface area contributed by atoms with E-state index in [0.29, 0.717) is 0 Å². The highest BCUT2D eigenvalue weighted by molar-refractivity contribution is 5.81. The summed E-state index contributed by atoms with van der Waals surface area (Å²) in [5.74, 6) is -2.05. The lowest BCUT2D eigenvalue weighted by Gasteiger charge is -2.22. The van der Waals surface area contributed by atoms with Gasteiger partial charge in [0.25, 0.3) is 0 Å². The van der Waals surface area contributed by atoms with Gasteiger partial charge in [-0.15, -0.1) is 0 Å². The zero-order valence-electron chi connectivity index (χ0n) is 15.1. The average Bonchev–Trinajstić information content (AvgIpc) is 3.25. The van der Waals surface area contributed by atoms with Crippen molar-refractivity contribution in [3.8, 4) is 11.1 Å². The van der Waals surface area contributed by atoms with Crippen molar-refractivity contribution in [2.45, 2.75) is 18.1 Å². The number of carboxylic acids is 1. The van der Waals surface area contributed by atoms with E-state index in [2.05, 4.69) is 5.32 Å². The van der Waals surface area contributed by atoms with Gasteiger partial charge in [0.15, 0.2) is 0 Å². The Kier molecular flexibility index (Phi) is 5.02. The van der Waals surface area contributed by atoms with Gasteiger partial charge in [0.2, 0.25) is 0 Å². The van der Waals surface area contributed by atoms with Gasteiger partial charge in [-0.2, -0.15) is 0 Å². The number of hydrogen-bond acceptors (Lipinski definition) is 5. The van der Waals surface area contributed by atoms with E-state index in [0.717, 1.165) is 22.3 Å². The number of aliphatic carboxylic acids is 1. The minimum Gasteiger partial charge on any atom is -0.480 e. The smallest absolute Gasteiger partial charge is 0.407 e. The maximum Gasteiger partial charge on any atom is 0.407 e. The number of amides is 1. The molecule has 2 aromatic carbocycles. The van der Waals surface area contributed by atoms with Crippen molar-refractivity contribution in [1.29, 1.82) is 0 Å². The van der Waals surface area contributed by atoms with Crippen LogP contribution in [0.4, 0.5) is 4.79 Å². The summed E-state index contributed by atoms with van der Waals surface area (Å²) in [6.07, 6.45) is -1.76. The quantitative estimate of drug-likeness (QED) is 0.729. The van der Waals surface area contributed by atoms with Crippen LogP contribution in [-0.4, -0.2) is 54.2 Å². The zero-order valence-corrected chi connectivity index (χ0v) is 15.1. The number of benzene rings is 2. The highest BCUT2D eigenvalue weighted by Crippen LogP contribution is 2.44. The third-order valence-electron chi connectivity index (χ3n) is 5.40. The lowest BCUT2D eigenvalue weighted by molar-refractivity contribution is -0.141. The number of nitrogens with one attached hydrogen (secondary N) is 1. The highest BCUT2D eigenvalue weighted by atomic mass is 16.5. The van der Waals surface area contributed by atoms with Gasteiger partial charge < -0.3 is 25.0 Å². The van der Waals surface area contributed by atoms with E-state index in [1.165, 1.54) is 0 Å². The zero-order chi connectivity index (χ0) is 19.7. The van der Waals surface area contributed by atoms with Crippen LogP contribution in [-0.2, 0) is 14.3 Å². The Morgan fingerprint density at radius 2 is 1.68 bits per heavy atom. The van der Waals surface area contributed by atoms with Gasteiger partial charge in [-0.05, 0) is 22.3 Å². The number of hydrogen-bond donors (Lipinski definition) is 3. The molecule has 1 saturated heterocycles. The van der Waals surface area contributed by atoms with Crippen molar-refractivity contribution in [1.82, 2.24) is 5.32 Å². The van der Waals surface area contributed by atoms with Crippen molar-refractivity contribution in [3.63, 3.8) is 0 Å². The second kappa shape index (κ2) is 7.61. The first kappa shape index (κ1) is 18.5. The summed E-state index contributed by atoms with van der Waals surface area (Å²) >= 11 is 0. The third kappa shape index (κ3) is 3.34. The fraction of sp³-hybridized carbons (Fsp3) is 0.333. The molecule has 2 aromatic rings. The standard InChI is InChI=1S/C21H21NO6/c23-18-11-27-9-17(18)19(20(24)25)22-21(26)28-10-16-14-7-3-1-5-12(14)13-6-2-4-8-15(13)16/h1-8,16-19,23H,9-11H2,(H,22,26)(H,24,25). The Balaban J connectivity index is 1.45. The fourth-order valence-corrected chi connectivity index (χ4v) is 4.00. The SMILES string of the molecule is O=C(NC(C(=O)O)C1COCC1O)OCC1c2ccccc2-c2ccccc21. The van der Waals surface area contributed by atoms with Crippen LogP contribution < -0.4 is 5.32 Å². The number of rotatable bonds is 5. The monoisotopic (exact) mass is 383 g/mol. The Morgan fingerprint density at radius 3 is 2.21 bits per heavy atom. The van der Waals surface area contributed by atoms with Crippen molar-refractivity contribution in [2.75, 3.05) is 19.8 Å². The first-order valence-corrected chi connectivity index (χ1v) is 9.16. The van der Waals surface area contributed by atoms with Gasteiger partial charge in [0, 0.05) is 11.8 Å². The molecular weight excluding hydrogens is 362 g/mol. The molecular formula is C21H21NO6. The van der Waals surface area contributed by atoms with E-state index in [-0.39, 0.29) is 25.7 Å². The predicted octanol–water partition coefficient (Wildman–Crippen LogP) is 1.99. The molecule has 1 aliphatic heterocycles. The number of aliphatic hydroxyl groups is 1. The van der Waals surface area contributed by atoms with Crippen molar-refractivity contribution in [2.24, 2.45) is 5.92 Å². The Bertz CT molecular complexity index is 852. The van der Waals surface area contributed by atoms with Gasteiger partial charge in [-0.25, -0.2) is 9.59 Å². The molecule has 0 aromatic heterocycles. The van der Waals surface area contributed by atoms with Crippen LogP contribution in [0.2, 0.25) is 0 Å². The second-order valence-corrected chi connectivity index (χ2v) is 7.05. The maximum atomic E-state index is 12.3. The van der Waals surface area contributed by atoms with Gasteiger partial charge in [-0.1, -0.05) is 48.5 Å². The third-order valence-corrected chi connectivity index (χ3v) is 5.40. The summed E-state index contributed by atoms with van der Waals surface area (Å²) in [7, 11) is 0. The summed E-state index contributed by atoms with van der Waals surface area (Å²) in [6, 6.07) is 14.6. The number of alkyl carbamates (subject to hydrolysis) is 1. The summed E-state index contributed by atoms with van der Waals surface area (Å²) in [5, 5.41) is 21.6. The molecule has 7 nitrogen and oxygen atoms in total. The van der Waals surface area contributed by atoms with Crippen molar-refractivity contribution >= 4 is 12.1 Å². The van der Waals surface area contributed by atoms with E-state index in [1.807, 2.05) is 48.5 Å². The molecule has 0 bridgehead atoms. The van der Waals surface area contributed by atoms with Crippen LogP contribution in [0, 0.1) is 5.92 Å². The molecule has 2 aliphatic rings. The minimum atomic E-state index is -1.27. The van der Waals surface area contributed by atoms with Crippen LogP contribution in [0.5, 0.6) is 0 Å². The molecule has 7 heteroatoms. The summed E-state index contributed by atoms with van der Waals surface area (Å²) in [4.78, 5) is 23.8. The maximum absolute atomic E-state index is 12.3. The van der Waals surface area contributed by atoms with E-state index in [9.17, 15) is 19.8 Å². The van der Waals surface area contributed by atoms with Crippen molar-refractivity contribution in [3.05, 3.63) is 59.7 Å². The Hall–Kier alpha value is -2.90. The van der Waals surface area contributed by atoms with Gasteiger partial charge in [0.1, 0.15) is 12.6 Å². The van der Waals surface area contributed by atoms with Gasteiger partial charge in [0.05, 0.1) is 19.3 Å². The number of carbonyl (C=O) groups excluding carboxylic acids is 1. The molecule has 3 N–H and O–H groups in total. The van der Waals surface area contributed by atoms with Crippen LogP contribution in [0.1, 0.15) is 17.0 Å². The Morgan fingerprint density at radius 1 is 1.07 bits per heavy atom. The van der Waals surface area contributed by atoms with E-state index >= 15 is 0 Å². The van der Waals surface area contributed by atoms with Crippen LogP contribution >= 0.6 is 0 Å². The molecule has 146 valence electrons. The normalized spacial score (nSPS) is 21.6. The molecule has 3 atom stereocenters. The van der Waals surface area contributed by atoms with E-state index in [4.69, 9.17) is 9.47 Å². The number of aliphatic hydroxyl groups excluding tert-OH is 1. The molecule has 0 saturated carbocycles. The number of fused-ring (bicyclic) bond motifs is 3. The van der Waals surface area contributed by atoms with Crippen LogP contribution in [0.15, 0.2) is 48.5 Å². The average molecular weight is 383 g/mol. The van der Waals surface area contributed by atoms with Gasteiger partial charge in [-0.3, -0.25) is 0 Å². The molecule has 1 aliphatic carbocycles. The van der Waals surface area contributed by atoms with E-state index < -0.39 is 30.1 Å². The minimum absolute atomic E-state index is 0.0564. The molecule has 1 amide bonds. The van der Waals surface area contributed by atoms with Gasteiger partial charge >= 0.3 is 12.1 Å². The summed E-state index contributed by atoms with van der Waals surface area (Å²) in [5.41, 5.74) is 4.38. The lowest BCUT2D eigenvalue weighted by atomic mass is 9.97. The van der Waals surface area contributed by atoms with E-state index in [1.54, 1.807) is 0 Å². The first-order chi connectivity index (χ1) is 13.6. The highest BCUT2D eigenvalue weighted by Gasteiger charge is 2.39. The lowest BCUT2D eigenvalue weighted by Crippen LogP contribution is -2.49. The molecule has 3 unspecified atom stereocenters. The molecule has 1 heterocycles. The summed E-state index contributed by atoms with van der Waals surface area (Å²) in [6.45, 7) is 0.221. The molecule has 1 fully saturated rings. The van der Waals surface area contributed by atoms with Crippen LogP contribution in [0.25, 0.3) is 11.1 Å². The van der Waals surface area contributed by atoms with Crippen LogP contribution in [0.3, 0.4) is 0 Å². The Labute approximate surface area is 161 Å². The number of carbonyl (C=O) groups is 2. The predicted molar refractivity (Wildman–Crippen MR) is 99.9 cm³/mol. The number of ether oxygens (including phenoxy) is 2.